The number of nitrogens with one attached hydrogen (secondary N) is 1. The second kappa shape index (κ2) is 7.03. The van der Waals surface area contributed by atoms with E-state index >= 15 is 0 Å². The van der Waals surface area contributed by atoms with Gasteiger partial charge in [0.1, 0.15) is 0 Å². The average molecular weight is 282 g/mol. The third-order valence-corrected chi connectivity index (χ3v) is 4.16. The number of rotatable bonds is 6. The molecule has 0 aromatic carbocycles. The molecule has 2 heterocycles. The van der Waals surface area contributed by atoms with Crippen LogP contribution in [-0.4, -0.2) is 43.7 Å². The van der Waals surface area contributed by atoms with Gasteiger partial charge in [-0.1, -0.05) is 6.92 Å². The SMILES string of the molecule is CCCNC1COCC1C(=O)N(C)Cc1ccsc1. The minimum atomic E-state index is -0.0461. The highest BCUT2D eigenvalue weighted by Gasteiger charge is 2.35. The van der Waals surface area contributed by atoms with E-state index in [0.717, 1.165) is 13.0 Å². The van der Waals surface area contributed by atoms with Gasteiger partial charge in [0.2, 0.25) is 5.91 Å². The molecule has 1 saturated heterocycles. The molecule has 4 nitrogen and oxygen atoms in total. The van der Waals surface area contributed by atoms with Crippen molar-refractivity contribution in [2.45, 2.75) is 25.9 Å². The summed E-state index contributed by atoms with van der Waals surface area (Å²) in [6.45, 7) is 4.92. The first-order valence-electron chi connectivity index (χ1n) is 6.79. The summed E-state index contributed by atoms with van der Waals surface area (Å²) >= 11 is 1.66. The van der Waals surface area contributed by atoms with Gasteiger partial charge in [-0.25, -0.2) is 0 Å². The molecule has 0 spiro atoms. The molecule has 1 aliphatic rings. The molecular formula is C14H22N2O2S. The van der Waals surface area contributed by atoms with E-state index in [1.54, 1.807) is 11.3 Å². The van der Waals surface area contributed by atoms with Gasteiger partial charge in [0, 0.05) is 19.6 Å². The summed E-state index contributed by atoms with van der Waals surface area (Å²) < 4.78 is 5.47. The quantitative estimate of drug-likeness (QED) is 0.864. The summed E-state index contributed by atoms with van der Waals surface area (Å²) in [4.78, 5) is 14.3. The summed E-state index contributed by atoms with van der Waals surface area (Å²) in [6, 6.07) is 2.23. The fourth-order valence-electron chi connectivity index (χ4n) is 2.35. The van der Waals surface area contributed by atoms with Crippen LogP contribution in [0.25, 0.3) is 0 Å². The Morgan fingerprint density at radius 2 is 2.42 bits per heavy atom. The normalized spacial score (nSPS) is 22.6. The van der Waals surface area contributed by atoms with E-state index < -0.39 is 0 Å². The molecule has 1 amide bonds. The average Bonchev–Trinajstić information content (AvgIpc) is 3.06. The molecule has 106 valence electrons. The maximum Gasteiger partial charge on any atom is 0.229 e. The molecule has 1 N–H and O–H groups in total. The minimum absolute atomic E-state index is 0.0461. The van der Waals surface area contributed by atoms with Crippen molar-refractivity contribution in [3.8, 4) is 0 Å². The fourth-order valence-corrected chi connectivity index (χ4v) is 3.01. The van der Waals surface area contributed by atoms with Crippen LogP contribution in [0.1, 0.15) is 18.9 Å². The van der Waals surface area contributed by atoms with Crippen molar-refractivity contribution in [2.75, 3.05) is 26.8 Å². The van der Waals surface area contributed by atoms with E-state index in [1.165, 1.54) is 5.56 Å². The van der Waals surface area contributed by atoms with Crippen LogP contribution in [0.5, 0.6) is 0 Å². The number of amides is 1. The predicted molar refractivity (Wildman–Crippen MR) is 77.2 cm³/mol. The summed E-state index contributed by atoms with van der Waals surface area (Å²) in [5.41, 5.74) is 1.19. The third-order valence-electron chi connectivity index (χ3n) is 3.43. The number of thiophene rings is 1. The minimum Gasteiger partial charge on any atom is -0.379 e. The Kier molecular flexibility index (Phi) is 5.36. The molecule has 2 atom stereocenters. The Labute approximate surface area is 118 Å². The highest BCUT2D eigenvalue weighted by atomic mass is 32.1. The zero-order chi connectivity index (χ0) is 13.7. The van der Waals surface area contributed by atoms with E-state index in [9.17, 15) is 4.79 Å². The zero-order valence-corrected chi connectivity index (χ0v) is 12.4. The molecule has 1 aromatic heterocycles. The highest BCUT2D eigenvalue weighted by molar-refractivity contribution is 7.07. The van der Waals surface area contributed by atoms with Gasteiger partial charge in [-0.3, -0.25) is 4.79 Å². The second-order valence-corrected chi connectivity index (χ2v) is 5.81. The zero-order valence-electron chi connectivity index (χ0n) is 11.6. The van der Waals surface area contributed by atoms with Gasteiger partial charge in [0.25, 0.3) is 0 Å². The van der Waals surface area contributed by atoms with Gasteiger partial charge in [-0.2, -0.15) is 11.3 Å². The van der Waals surface area contributed by atoms with Crippen molar-refractivity contribution in [1.82, 2.24) is 10.2 Å². The van der Waals surface area contributed by atoms with Gasteiger partial charge < -0.3 is 15.0 Å². The van der Waals surface area contributed by atoms with E-state index in [4.69, 9.17) is 4.74 Å². The highest BCUT2D eigenvalue weighted by Crippen LogP contribution is 2.18. The number of nitrogens with zero attached hydrogens (tertiary/aromatic N) is 1. The third kappa shape index (κ3) is 3.78. The number of hydrogen-bond acceptors (Lipinski definition) is 4. The number of hydrogen-bond donors (Lipinski definition) is 1. The van der Waals surface area contributed by atoms with Crippen LogP contribution in [-0.2, 0) is 16.1 Å². The lowest BCUT2D eigenvalue weighted by Crippen LogP contribution is -2.44. The molecule has 2 rings (SSSR count). The van der Waals surface area contributed by atoms with Gasteiger partial charge in [0.05, 0.1) is 19.1 Å². The van der Waals surface area contributed by atoms with Crippen molar-refractivity contribution in [3.05, 3.63) is 22.4 Å². The lowest BCUT2D eigenvalue weighted by atomic mass is 10.0. The molecule has 1 aliphatic heterocycles. The molecular weight excluding hydrogens is 260 g/mol. The first-order valence-corrected chi connectivity index (χ1v) is 7.73. The maximum atomic E-state index is 12.5. The molecule has 0 bridgehead atoms. The van der Waals surface area contributed by atoms with Crippen molar-refractivity contribution >= 4 is 17.2 Å². The van der Waals surface area contributed by atoms with Crippen LogP contribution < -0.4 is 5.32 Å². The first-order chi connectivity index (χ1) is 9.22. The smallest absolute Gasteiger partial charge is 0.229 e. The van der Waals surface area contributed by atoms with Crippen LogP contribution in [0.15, 0.2) is 16.8 Å². The largest absolute Gasteiger partial charge is 0.379 e. The summed E-state index contributed by atoms with van der Waals surface area (Å²) in [7, 11) is 1.87. The van der Waals surface area contributed by atoms with Crippen LogP contribution in [0.4, 0.5) is 0 Å². The van der Waals surface area contributed by atoms with Crippen molar-refractivity contribution in [1.29, 1.82) is 0 Å². The van der Waals surface area contributed by atoms with Crippen LogP contribution in [0.2, 0.25) is 0 Å². The van der Waals surface area contributed by atoms with Gasteiger partial charge in [-0.05, 0) is 35.4 Å². The molecule has 0 radical (unpaired) electrons. The van der Waals surface area contributed by atoms with Crippen molar-refractivity contribution in [3.63, 3.8) is 0 Å². The first kappa shape index (κ1) is 14.5. The molecule has 1 fully saturated rings. The van der Waals surface area contributed by atoms with Crippen LogP contribution >= 0.6 is 11.3 Å². The Hall–Kier alpha value is -0.910. The second-order valence-electron chi connectivity index (χ2n) is 5.03. The maximum absolute atomic E-state index is 12.5. The molecule has 5 heteroatoms. The monoisotopic (exact) mass is 282 g/mol. The van der Waals surface area contributed by atoms with Crippen molar-refractivity contribution < 1.29 is 9.53 Å². The number of carbonyl (C=O) groups is 1. The Balaban J connectivity index is 1.90. The van der Waals surface area contributed by atoms with E-state index in [1.807, 2.05) is 17.3 Å². The van der Waals surface area contributed by atoms with Gasteiger partial charge >= 0.3 is 0 Å². The molecule has 2 unspecified atom stereocenters. The van der Waals surface area contributed by atoms with Gasteiger partial charge in [-0.15, -0.1) is 0 Å². The molecule has 0 saturated carbocycles. The molecule has 0 aliphatic carbocycles. The lowest BCUT2D eigenvalue weighted by Gasteiger charge is -2.24. The Bertz CT molecular complexity index is 394. The van der Waals surface area contributed by atoms with E-state index in [-0.39, 0.29) is 17.9 Å². The van der Waals surface area contributed by atoms with E-state index in [2.05, 4.69) is 23.7 Å². The van der Waals surface area contributed by atoms with Crippen molar-refractivity contribution in [2.24, 2.45) is 5.92 Å². The molecule has 1 aromatic rings. The lowest BCUT2D eigenvalue weighted by molar-refractivity contribution is -0.135. The number of carbonyl (C=O) groups excluding carboxylic acids is 1. The summed E-state index contributed by atoms with van der Waals surface area (Å²) in [5.74, 6) is 0.132. The fraction of sp³-hybridized carbons (Fsp3) is 0.643. The van der Waals surface area contributed by atoms with Crippen LogP contribution in [0.3, 0.4) is 0 Å². The standard InChI is InChI=1S/C14H22N2O2S/c1-3-5-15-13-9-18-8-12(13)14(17)16(2)7-11-4-6-19-10-11/h4,6,10,12-13,15H,3,5,7-9H2,1-2H3. The van der Waals surface area contributed by atoms with Gasteiger partial charge in [0.15, 0.2) is 0 Å². The van der Waals surface area contributed by atoms with E-state index in [0.29, 0.717) is 19.8 Å². The molecule has 19 heavy (non-hydrogen) atoms. The summed E-state index contributed by atoms with van der Waals surface area (Å²) in [6.07, 6.45) is 1.07. The predicted octanol–water partition coefficient (Wildman–Crippen LogP) is 1.72. The summed E-state index contributed by atoms with van der Waals surface area (Å²) in [5, 5.41) is 7.53. The topological polar surface area (TPSA) is 41.6 Å². The Morgan fingerprint density at radius 3 is 3.11 bits per heavy atom. The number of ether oxygens (including phenoxy) is 1. The van der Waals surface area contributed by atoms with Crippen LogP contribution in [0, 0.1) is 5.92 Å². The Morgan fingerprint density at radius 1 is 1.58 bits per heavy atom.